The third kappa shape index (κ3) is 43.3. The highest BCUT2D eigenvalue weighted by Crippen LogP contribution is 2.23. The van der Waals surface area contributed by atoms with E-state index in [2.05, 4.69) is 129 Å². The molecule has 7 atom stereocenters. The van der Waals surface area contributed by atoms with Crippen LogP contribution in [0.25, 0.3) is 0 Å². The minimum atomic E-state index is -1.59. The van der Waals surface area contributed by atoms with Gasteiger partial charge in [-0.1, -0.05) is 245 Å². The Morgan fingerprint density at radius 1 is 0.467 bits per heavy atom. The van der Waals surface area contributed by atoms with Gasteiger partial charge in [0.15, 0.2) is 6.29 Å². The first-order valence-electron chi connectivity index (χ1n) is 30.3. The fourth-order valence-electron chi connectivity index (χ4n) is 8.76. The number of hydrogen-bond acceptors (Lipinski definition) is 8. The third-order valence-electron chi connectivity index (χ3n) is 13.5. The molecular weight excluding hydrogens is 935 g/mol. The van der Waals surface area contributed by atoms with Crippen LogP contribution in [0.15, 0.2) is 122 Å². The van der Waals surface area contributed by atoms with Crippen molar-refractivity contribution < 1.29 is 39.8 Å². The summed E-state index contributed by atoms with van der Waals surface area (Å²) < 4.78 is 11.2. The van der Waals surface area contributed by atoms with Gasteiger partial charge in [-0.2, -0.15) is 0 Å². The molecule has 0 aromatic carbocycles. The van der Waals surface area contributed by atoms with Gasteiger partial charge < -0.3 is 40.3 Å². The quantitative estimate of drug-likeness (QED) is 0.0261. The van der Waals surface area contributed by atoms with Gasteiger partial charge in [-0.15, -0.1) is 0 Å². The number of ether oxygens (including phenoxy) is 2. The monoisotopic (exact) mass is 1050 g/mol. The molecule has 9 nitrogen and oxygen atoms in total. The van der Waals surface area contributed by atoms with E-state index in [9.17, 15) is 30.3 Å². The molecule has 0 bridgehead atoms. The zero-order chi connectivity index (χ0) is 54.3. The molecule has 1 aliphatic heterocycles. The van der Waals surface area contributed by atoms with E-state index in [1.54, 1.807) is 6.08 Å². The van der Waals surface area contributed by atoms with Crippen LogP contribution in [0.4, 0.5) is 0 Å². The second kappa shape index (κ2) is 54.0. The van der Waals surface area contributed by atoms with Gasteiger partial charge in [-0.25, -0.2) is 0 Å². The van der Waals surface area contributed by atoms with E-state index in [-0.39, 0.29) is 18.9 Å². The number of unbranched alkanes of at least 4 members (excludes halogenated alkanes) is 22. The van der Waals surface area contributed by atoms with Crippen LogP contribution >= 0.6 is 0 Å². The first-order chi connectivity index (χ1) is 36.8. The van der Waals surface area contributed by atoms with Crippen LogP contribution in [0.2, 0.25) is 0 Å². The predicted molar refractivity (Wildman–Crippen MR) is 317 cm³/mol. The van der Waals surface area contributed by atoms with E-state index < -0.39 is 49.5 Å². The Morgan fingerprint density at radius 3 is 1.28 bits per heavy atom. The molecule has 0 aromatic heterocycles. The first-order valence-corrected chi connectivity index (χ1v) is 30.3. The zero-order valence-electron chi connectivity index (χ0n) is 47.5. The number of allylic oxidation sites excluding steroid dienone is 19. The van der Waals surface area contributed by atoms with Crippen molar-refractivity contribution in [3.05, 3.63) is 122 Å². The number of carbonyl (C=O) groups excluding carboxylic acids is 1. The zero-order valence-corrected chi connectivity index (χ0v) is 47.5. The van der Waals surface area contributed by atoms with Crippen molar-refractivity contribution in [1.82, 2.24) is 5.32 Å². The molecule has 1 aliphatic rings. The summed E-state index contributed by atoms with van der Waals surface area (Å²) in [6.45, 7) is 3.63. The standard InChI is InChI=1S/C66H111NO8/c1-3-5-7-9-11-13-15-17-19-21-23-25-27-29-30-32-33-35-37-39-41-43-45-47-49-51-53-55-60(69)59(58-74-66-65(73)64(72)63(71)61(57-68)75-66)67-62(70)56-54-52-50-48-46-44-42-40-38-36-34-31-28-26-24-22-20-18-16-14-12-10-8-6-4-2/h6,8,12,14,18,20,24,26,31,34,37-40,44-47,53,55,59-61,63-66,68-69,71-73H,3-5,7,9-11,13,15-17,19,21-23,25,27-30,32-33,35-36,41-43,48-52,54,56-58H2,1-2H3,(H,67,70)/b8-6-,14-12-,20-18-,26-24-,34-31-,39-37+,40-38-,46-44-,47-45+,55-53+. The molecule has 1 amide bonds. The molecule has 0 radical (unpaired) electrons. The minimum Gasteiger partial charge on any atom is -0.394 e. The molecule has 1 rings (SSSR count). The molecule has 0 aromatic rings. The highest BCUT2D eigenvalue weighted by Gasteiger charge is 2.44. The van der Waals surface area contributed by atoms with Crippen molar-refractivity contribution >= 4 is 5.91 Å². The molecular formula is C66H111NO8. The van der Waals surface area contributed by atoms with Crippen molar-refractivity contribution in [3.8, 4) is 0 Å². The van der Waals surface area contributed by atoms with Gasteiger partial charge in [0.25, 0.3) is 0 Å². The second-order valence-corrected chi connectivity index (χ2v) is 20.4. The normalized spacial score (nSPS) is 19.8. The van der Waals surface area contributed by atoms with E-state index >= 15 is 0 Å². The Balaban J connectivity index is 2.30. The highest BCUT2D eigenvalue weighted by atomic mass is 16.7. The van der Waals surface area contributed by atoms with Crippen LogP contribution in [0.1, 0.15) is 232 Å². The van der Waals surface area contributed by atoms with Crippen molar-refractivity contribution in [2.24, 2.45) is 0 Å². The van der Waals surface area contributed by atoms with Crippen molar-refractivity contribution in [1.29, 1.82) is 0 Å². The van der Waals surface area contributed by atoms with Crippen molar-refractivity contribution in [2.75, 3.05) is 13.2 Å². The van der Waals surface area contributed by atoms with E-state index in [0.29, 0.717) is 12.8 Å². The van der Waals surface area contributed by atoms with Crippen molar-refractivity contribution in [3.63, 3.8) is 0 Å². The summed E-state index contributed by atoms with van der Waals surface area (Å²) >= 11 is 0. The van der Waals surface area contributed by atoms with Crippen LogP contribution in [0.5, 0.6) is 0 Å². The molecule has 0 aliphatic carbocycles. The maximum atomic E-state index is 13.1. The predicted octanol–water partition coefficient (Wildman–Crippen LogP) is 15.5. The Bertz CT molecular complexity index is 1590. The van der Waals surface area contributed by atoms with Crippen LogP contribution in [0, 0.1) is 0 Å². The van der Waals surface area contributed by atoms with Crippen LogP contribution < -0.4 is 5.32 Å². The first kappa shape index (κ1) is 69.6. The van der Waals surface area contributed by atoms with E-state index in [1.165, 1.54) is 109 Å². The molecule has 0 saturated carbocycles. The van der Waals surface area contributed by atoms with Gasteiger partial charge in [0.05, 0.1) is 25.4 Å². The van der Waals surface area contributed by atoms with Crippen LogP contribution in [-0.2, 0) is 14.3 Å². The summed E-state index contributed by atoms with van der Waals surface area (Å²) in [6.07, 6.45) is 74.1. The molecule has 9 heteroatoms. The molecule has 1 saturated heterocycles. The number of aliphatic hydroxyl groups excluding tert-OH is 5. The van der Waals surface area contributed by atoms with Gasteiger partial charge in [-0.05, 0) is 103 Å². The molecule has 1 fully saturated rings. The van der Waals surface area contributed by atoms with Crippen LogP contribution in [0.3, 0.4) is 0 Å². The summed E-state index contributed by atoms with van der Waals surface area (Å²) in [7, 11) is 0. The highest BCUT2D eigenvalue weighted by molar-refractivity contribution is 5.76. The van der Waals surface area contributed by atoms with Gasteiger partial charge in [0.1, 0.15) is 24.4 Å². The van der Waals surface area contributed by atoms with E-state index in [0.717, 1.165) is 89.9 Å². The molecule has 428 valence electrons. The molecule has 0 spiro atoms. The lowest BCUT2D eigenvalue weighted by Gasteiger charge is -2.40. The summed E-state index contributed by atoms with van der Waals surface area (Å²) in [5.41, 5.74) is 0. The van der Waals surface area contributed by atoms with Gasteiger partial charge in [0.2, 0.25) is 5.91 Å². The topological polar surface area (TPSA) is 149 Å². The Morgan fingerprint density at radius 2 is 0.840 bits per heavy atom. The summed E-state index contributed by atoms with van der Waals surface area (Å²) in [6, 6.07) is -0.857. The maximum absolute atomic E-state index is 13.1. The average Bonchev–Trinajstić information content (AvgIpc) is 3.41. The van der Waals surface area contributed by atoms with Gasteiger partial charge in [-0.3, -0.25) is 4.79 Å². The fourth-order valence-corrected chi connectivity index (χ4v) is 8.76. The number of nitrogens with one attached hydrogen (secondary N) is 1. The van der Waals surface area contributed by atoms with Crippen LogP contribution in [-0.4, -0.2) is 87.5 Å². The number of aliphatic hydroxyl groups is 5. The number of hydrogen-bond donors (Lipinski definition) is 6. The lowest BCUT2D eigenvalue weighted by Crippen LogP contribution is -2.60. The van der Waals surface area contributed by atoms with Gasteiger partial charge >= 0.3 is 0 Å². The molecule has 6 N–H and O–H groups in total. The lowest BCUT2D eigenvalue weighted by atomic mass is 9.99. The summed E-state index contributed by atoms with van der Waals surface area (Å²) in [5, 5.41) is 54.5. The SMILES string of the molecule is CC/C=C\C/C=C\C/C=C\C/C=C\C/C=C\C/C=C\C/C=C\CCCCCC(=O)NC(COC1OC(CO)C(O)C(O)C1O)C(O)/C=C/CC/C=C/CC/C=C/CCCCCCCCCCCCCCCCCCC. The van der Waals surface area contributed by atoms with Gasteiger partial charge in [0, 0.05) is 6.42 Å². The number of amides is 1. The average molecular weight is 1050 g/mol. The van der Waals surface area contributed by atoms with E-state index in [1.807, 2.05) is 6.08 Å². The Hall–Kier alpha value is -3.41. The Kier molecular flexibility index (Phi) is 50.1. The largest absolute Gasteiger partial charge is 0.394 e. The summed E-state index contributed by atoms with van der Waals surface area (Å²) in [4.78, 5) is 13.1. The molecule has 7 unspecified atom stereocenters. The lowest BCUT2D eigenvalue weighted by molar-refractivity contribution is -0.302. The number of carbonyl (C=O) groups is 1. The van der Waals surface area contributed by atoms with Crippen molar-refractivity contribution in [2.45, 2.75) is 275 Å². The second-order valence-electron chi connectivity index (χ2n) is 20.4. The molecule has 75 heavy (non-hydrogen) atoms. The third-order valence-corrected chi connectivity index (χ3v) is 13.5. The minimum absolute atomic E-state index is 0.227. The maximum Gasteiger partial charge on any atom is 0.220 e. The smallest absolute Gasteiger partial charge is 0.220 e. The van der Waals surface area contributed by atoms with E-state index in [4.69, 9.17) is 9.47 Å². The summed E-state index contributed by atoms with van der Waals surface area (Å²) in [5.74, 6) is -0.227. The number of rotatable bonds is 50. The fraction of sp³-hybridized carbons (Fsp3) is 0.682. The molecule has 1 heterocycles. The Labute approximate surface area is 458 Å².